The molecular formula is C33H38O13. The number of phenols is 3. The average Bonchev–Trinajstić information content (AvgIpc) is 3.41. The summed E-state index contributed by atoms with van der Waals surface area (Å²) in [5.74, 6) is -2.05. The lowest BCUT2D eigenvalue weighted by molar-refractivity contribution is -0.277. The van der Waals surface area contributed by atoms with Gasteiger partial charge in [-0.25, -0.2) is 0 Å². The maximum Gasteiger partial charge on any atom is 0.239 e. The van der Waals surface area contributed by atoms with Gasteiger partial charge in [-0.3, -0.25) is 9.59 Å². The molecule has 0 aliphatic carbocycles. The number of aromatic hydroxyl groups is 3. The number of aryl methyl sites for hydroxylation is 1. The Kier molecular flexibility index (Phi) is 10.2. The van der Waals surface area contributed by atoms with E-state index >= 15 is 0 Å². The molecule has 0 bridgehead atoms. The van der Waals surface area contributed by atoms with Crippen molar-refractivity contribution in [2.75, 3.05) is 6.61 Å². The lowest BCUT2D eigenvalue weighted by atomic mass is 9.98. The third-order valence-corrected chi connectivity index (χ3v) is 8.30. The van der Waals surface area contributed by atoms with Crippen molar-refractivity contribution in [1.29, 1.82) is 0 Å². The van der Waals surface area contributed by atoms with Crippen LogP contribution in [-0.2, 0) is 11.2 Å². The van der Waals surface area contributed by atoms with Crippen molar-refractivity contribution in [2.45, 2.75) is 89.0 Å². The van der Waals surface area contributed by atoms with Gasteiger partial charge in [0.25, 0.3) is 0 Å². The number of aliphatic hydroxyl groups is 4. The van der Waals surface area contributed by atoms with Crippen molar-refractivity contribution >= 4 is 28.2 Å². The second-order valence-corrected chi connectivity index (χ2v) is 11.5. The largest absolute Gasteiger partial charge is 0.508 e. The minimum atomic E-state index is -1.90. The van der Waals surface area contributed by atoms with Gasteiger partial charge in [-0.15, -0.1) is 0 Å². The molecule has 3 heterocycles. The maximum absolute atomic E-state index is 13.9. The molecule has 2 aromatic heterocycles. The van der Waals surface area contributed by atoms with E-state index in [9.17, 15) is 45.3 Å². The molecule has 0 spiro atoms. The normalized spacial score (nSPS) is 21.6. The highest BCUT2D eigenvalue weighted by atomic mass is 16.7. The summed E-state index contributed by atoms with van der Waals surface area (Å²) in [6.07, 6.45) is -0.438. The van der Waals surface area contributed by atoms with Crippen LogP contribution >= 0.6 is 0 Å². The third kappa shape index (κ3) is 6.29. The average molecular weight is 643 g/mol. The summed E-state index contributed by atoms with van der Waals surface area (Å²) >= 11 is 0. The Hall–Kier alpha value is -4.14. The highest BCUT2D eigenvalue weighted by Crippen LogP contribution is 2.44. The number of rotatable bonds is 13. The smallest absolute Gasteiger partial charge is 0.239 e. The van der Waals surface area contributed by atoms with Crippen LogP contribution in [0.2, 0.25) is 0 Å². The molecule has 248 valence electrons. The van der Waals surface area contributed by atoms with E-state index in [-0.39, 0.29) is 39.2 Å². The molecule has 1 aliphatic heterocycles. The van der Waals surface area contributed by atoms with Gasteiger partial charge in [0.05, 0.1) is 12.2 Å². The number of aliphatic hydroxyl groups excluding tert-OH is 4. The fourth-order valence-electron chi connectivity index (χ4n) is 5.84. The number of aldehydes is 1. The number of hydrogen-bond acceptors (Lipinski definition) is 13. The molecule has 1 aliphatic rings. The quantitative estimate of drug-likeness (QED) is 0.0819. The van der Waals surface area contributed by atoms with Gasteiger partial charge in [0.15, 0.2) is 23.4 Å². The SMILES string of the molecule is CCCCCCCCCc1oc2c(O)ccc(-c3oc4cc(O)cc(O)c4c(=O)c3OC3OC(CO)C(O)C(O)C3O)c2c1C=O. The van der Waals surface area contributed by atoms with Gasteiger partial charge in [-0.2, -0.15) is 0 Å². The van der Waals surface area contributed by atoms with Crippen LogP contribution in [0.15, 0.2) is 37.9 Å². The number of fused-ring (bicyclic) bond motifs is 2. The summed E-state index contributed by atoms with van der Waals surface area (Å²) in [5, 5.41) is 71.9. The molecule has 13 heteroatoms. The second kappa shape index (κ2) is 14.1. The molecule has 0 amide bonds. The van der Waals surface area contributed by atoms with Gasteiger partial charge in [0.2, 0.25) is 17.5 Å². The lowest BCUT2D eigenvalue weighted by Crippen LogP contribution is -2.60. The molecule has 7 N–H and O–H groups in total. The Labute approximate surface area is 262 Å². The highest BCUT2D eigenvalue weighted by molar-refractivity contribution is 6.08. The predicted molar refractivity (Wildman–Crippen MR) is 164 cm³/mol. The van der Waals surface area contributed by atoms with E-state index in [2.05, 4.69) is 6.92 Å². The van der Waals surface area contributed by atoms with Gasteiger partial charge in [-0.05, 0) is 18.6 Å². The summed E-state index contributed by atoms with van der Waals surface area (Å²) in [4.78, 5) is 26.4. The van der Waals surface area contributed by atoms with Crippen LogP contribution in [0.4, 0.5) is 0 Å². The van der Waals surface area contributed by atoms with Crippen LogP contribution in [0.5, 0.6) is 23.0 Å². The van der Waals surface area contributed by atoms with Crippen molar-refractivity contribution < 1.29 is 58.8 Å². The topological polar surface area (TPSA) is 220 Å². The standard InChI is InChI=1S/C33H38O13/c1-2-3-4-5-6-7-8-9-21-18(14-34)24-17(10-11-19(37)31(24)43-21)30-32(27(40)25-20(38)12-16(36)13-22(25)44-30)46-33-29(42)28(41)26(39)23(15-35)45-33/h10-14,23,26,28-29,33,35-39,41-42H,2-9,15H2,1H3. The Bertz CT molecular complexity index is 1750. The van der Waals surface area contributed by atoms with E-state index in [0.29, 0.717) is 18.5 Å². The van der Waals surface area contributed by atoms with E-state index in [1.54, 1.807) is 0 Å². The number of unbranched alkanes of at least 4 members (excludes halogenated alkanes) is 6. The summed E-state index contributed by atoms with van der Waals surface area (Å²) in [5.41, 5.74) is -1.15. The first-order valence-corrected chi connectivity index (χ1v) is 15.3. The van der Waals surface area contributed by atoms with Crippen LogP contribution in [0, 0.1) is 0 Å². The van der Waals surface area contributed by atoms with Gasteiger partial charge >= 0.3 is 0 Å². The van der Waals surface area contributed by atoms with Crippen molar-refractivity contribution in [1.82, 2.24) is 0 Å². The first-order chi connectivity index (χ1) is 22.1. The molecule has 4 aromatic rings. The minimum absolute atomic E-state index is 0.0471. The second-order valence-electron chi connectivity index (χ2n) is 11.5. The zero-order valence-corrected chi connectivity index (χ0v) is 25.2. The Morgan fingerprint density at radius 2 is 1.59 bits per heavy atom. The van der Waals surface area contributed by atoms with Crippen LogP contribution in [0.3, 0.4) is 0 Å². The van der Waals surface area contributed by atoms with Crippen molar-refractivity contribution in [2.24, 2.45) is 0 Å². The number of furan rings is 1. The van der Waals surface area contributed by atoms with Crippen molar-refractivity contribution in [3.05, 3.63) is 45.8 Å². The van der Waals surface area contributed by atoms with Gasteiger partial charge < -0.3 is 54.1 Å². The van der Waals surface area contributed by atoms with Crippen LogP contribution < -0.4 is 10.2 Å². The molecule has 5 atom stereocenters. The van der Waals surface area contributed by atoms with E-state index < -0.39 is 65.4 Å². The molecule has 0 radical (unpaired) electrons. The third-order valence-electron chi connectivity index (χ3n) is 8.30. The molecular weight excluding hydrogens is 604 g/mol. The Morgan fingerprint density at radius 3 is 2.28 bits per heavy atom. The lowest BCUT2D eigenvalue weighted by Gasteiger charge is -2.39. The predicted octanol–water partition coefficient (Wildman–Crippen LogP) is 3.61. The summed E-state index contributed by atoms with van der Waals surface area (Å²) in [7, 11) is 0. The summed E-state index contributed by atoms with van der Waals surface area (Å²) in [6.45, 7) is 1.38. The van der Waals surface area contributed by atoms with E-state index in [4.69, 9.17) is 18.3 Å². The first kappa shape index (κ1) is 33.2. The fraction of sp³-hybridized carbons (Fsp3) is 0.455. The number of phenolic OH excluding ortho intramolecular Hbond substituents is 3. The Balaban J connectivity index is 1.64. The minimum Gasteiger partial charge on any atom is -0.508 e. The number of benzene rings is 2. The zero-order chi connectivity index (χ0) is 33.1. The van der Waals surface area contributed by atoms with Crippen molar-refractivity contribution in [3.63, 3.8) is 0 Å². The van der Waals surface area contributed by atoms with Crippen LogP contribution in [0.25, 0.3) is 33.3 Å². The molecule has 46 heavy (non-hydrogen) atoms. The van der Waals surface area contributed by atoms with Gasteiger partial charge in [-0.1, -0.05) is 45.4 Å². The van der Waals surface area contributed by atoms with Gasteiger partial charge in [0.1, 0.15) is 52.6 Å². The number of hydrogen-bond donors (Lipinski definition) is 7. The maximum atomic E-state index is 13.9. The summed E-state index contributed by atoms with van der Waals surface area (Å²) in [6, 6.07) is 4.60. The molecule has 5 unspecified atom stereocenters. The molecule has 13 nitrogen and oxygen atoms in total. The molecule has 1 saturated heterocycles. The number of ether oxygens (including phenoxy) is 2. The van der Waals surface area contributed by atoms with Crippen LogP contribution in [-0.4, -0.2) is 79.3 Å². The van der Waals surface area contributed by atoms with Crippen molar-refractivity contribution in [3.8, 4) is 34.3 Å². The monoisotopic (exact) mass is 642 g/mol. The van der Waals surface area contributed by atoms with Crippen LogP contribution in [0.1, 0.15) is 68.0 Å². The molecule has 0 saturated carbocycles. The van der Waals surface area contributed by atoms with E-state index in [1.807, 2.05) is 0 Å². The summed E-state index contributed by atoms with van der Waals surface area (Å²) < 4.78 is 23.2. The number of carbonyl (C=O) groups is 1. The Morgan fingerprint density at radius 1 is 0.870 bits per heavy atom. The van der Waals surface area contributed by atoms with E-state index in [1.165, 1.54) is 18.6 Å². The number of carbonyl (C=O) groups excluding carboxylic acids is 1. The first-order valence-electron chi connectivity index (χ1n) is 15.3. The highest BCUT2D eigenvalue weighted by Gasteiger charge is 2.45. The van der Waals surface area contributed by atoms with Gasteiger partial charge in [0, 0.05) is 29.5 Å². The molecule has 5 rings (SSSR count). The zero-order valence-electron chi connectivity index (χ0n) is 25.2. The molecule has 1 fully saturated rings. The van der Waals surface area contributed by atoms with E-state index in [0.717, 1.165) is 50.7 Å². The fourth-order valence-corrected chi connectivity index (χ4v) is 5.84. The molecule has 2 aromatic carbocycles.